The van der Waals surface area contributed by atoms with Crippen LogP contribution in [0.1, 0.15) is 53.0 Å². The Morgan fingerprint density at radius 2 is 1.93 bits per heavy atom. The largest absolute Gasteiger partial charge is 0.357 e. The average Bonchev–Trinajstić information content (AvgIpc) is 2.61. The van der Waals surface area contributed by atoms with Crippen LogP contribution in [0.3, 0.4) is 0 Å². The van der Waals surface area contributed by atoms with Crippen molar-refractivity contribution in [2.24, 2.45) is 4.99 Å². The number of nitrogens with zero attached hydrogens (tertiary/aromatic N) is 2. The summed E-state index contributed by atoms with van der Waals surface area (Å²) in [4.78, 5) is 7.33. The van der Waals surface area contributed by atoms with Crippen LogP contribution in [0.5, 0.6) is 0 Å². The first kappa shape index (κ1) is 25.2. The Morgan fingerprint density at radius 3 is 2.54 bits per heavy atom. The minimum absolute atomic E-state index is 0. The van der Waals surface area contributed by atoms with Crippen molar-refractivity contribution in [3.05, 3.63) is 35.9 Å². The number of hydrogen-bond donors (Lipinski definition) is 3. The summed E-state index contributed by atoms with van der Waals surface area (Å²) in [5, 5.41) is 10.5. The van der Waals surface area contributed by atoms with Gasteiger partial charge in [0.15, 0.2) is 5.96 Å². The second-order valence-corrected chi connectivity index (χ2v) is 8.61. The highest BCUT2D eigenvalue weighted by Crippen LogP contribution is 2.19. The van der Waals surface area contributed by atoms with Crippen molar-refractivity contribution in [1.29, 1.82) is 0 Å². The van der Waals surface area contributed by atoms with E-state index >= 15 is 0 Å². The van der Waals surface area contributed by atoms with Gasteiger partial charge < -0.3 is 16.0 Å². The predicted octanol–water partition coefficient (Wildman–Crippen LogP) is 3.60. The maximum absolute atomic E-state index is 4.74. The van der Waals surface area contributed by atoms with E-state index in [2.05, 4.69) is 85.8 Å². The summed E-state index contributed by atoms with van der Waals surface area (Å²) < 4.78 is 0. The van der Waals surface area contributed by atoms with Gasteiger partial charge >= 0.3 is 0 Å². The van der Waals surface area contributed by atoms with Gasteiger partial charge in [-0.05, 0) is 53.0 Å². The minimum atomic E-state index is 0. The summed E-state index contributed by atoms with van der Waals surface area (Å²) in [5.74, 6) is 0.946. The second kappa shape index (κ2) is 12.6. The van der Waals surface area contributed by atoms with Crippen LogP contribution in [0.2, 0.25) is 0 Å². The van der Waals surface area contributed by atoms with Crippen molar-refractivity contribution in [2.75, 3.05) is 26.2 Å². The molecule has 28 heavy (non-hydrogen) atoms. The molecule has 2 unspecified atom stereocenters. The molecular weight excluding hydrogens is 461 g/mol. The number of benzene rings is 1. The number of likely N-dealkylation sites (tertiary alicyclic amines) is 1. The summed E-state index contributed by atoms with van der Waals surface area (Å²) in [6, 6.07) is 11.8. The van der Waals surface area contributed by atoms with Gasteiger partial charge in [-0.25, -0.2) is 0 Å². The lowest BCUT2D eigenvalue weighted by Gasteiger charge is -2.38. The Bertz CT molecular complexity index is 570. The third-order valence-electron chi connectivity index (χ3n) is 4.96. The van der Waals surface area contributed by atoms with Crippen molar-refractivity contribution < 1.29 is 0 Å². The molecule has 6 heteroatoms. The fourth-order valence-electron chi connectivity index (χ4n) is 3.52. The van der Waals surface area contributed by atoms with E-state index in [-0.39, 0.29) is 29.5 Å². The molecule has 2 atom stereocenters. The Kier molecular flexibility index (Phi) is 11.4. The number of halogens is 1. The van der Waals surface area contributed by atoms with Crippen LogP contribution < -0.4 is 16.0 Å². The number of rotatable bonds is 7. The molecule has 1 aliphatic heterocycles. The van der Waals surface area contributed by atoms with Gasteiger partial charge in [-0.1, -0.05) is 30.3 Å². The highest BCUT2D eigenvalue weighted by Gasteiger charge is 2.25. The minimum Gasteiger partial charge on any atom is -0.357 e. The number of aliphatic imine (C=N–C) groups is 1. The fourth-order valence-corrected chi connectivity index (χ4v) is 3.52. The van der Waals surface area contributed by atoms with Crippen molar-refractivity contribution >= 4 is 29.9 Å². The first-order chi connectivity index (χ1) is 12.9. The van der Waals surface area contributed by atoms with E-state index in [0.29, 0.717) is 12.1 Å². The van der Waals surface area contributed by atoms with Crippen molar-refractivity contribution in [3.8, 4) is 0 Å². The van der Waals surface area contributed by atoms with E-state index in [0.717, 1.165) is 51.5 Å². The maximum atomic E-state index is 4.74. The molecule has 1 aromatic carbocycles. The number of piperidine rings is 1. The summed E-state index contributed by atoms with van der Waals surface area (Å²) in [5.41, 5.74) is 1.54. The zero-order chi connectivity index (χ0) is 19.7. The normalized spacial score (nSPS) is 21.1. The first-order valence-electron chi connectivity index (χ1n) is 10.4. The van der Waals surface area contributed by atoms with E-state index in [1.54, 1.807) is 0 Å². The van der Waals surface area contributed by atoms with Crippen LogP contribution in [-0.2, 0) is 6.54 Å². The molecule has 0 amide bonds. The molecule has 0 bridgehead atoms. The van der Waals surface area contributed by atoms with Gasteiger partial charge in [-0.15, -0.1) is 24.0 Å². The summed E-state index contributed by atoms with van der Waals surface area (Å²) in [6.07, 6.45) is 2.30. The standard InChI is InChI=1S/C22H39N5.HI/c1-6-23-21(24-13-14-25-22(3,4)5)26-20-12-15-27(18(2)16-20)17-19-10-8-7-9-11-19;/h7-11,18,20,25H,6,12-17H2,1-5H3,(H2,23,24,26);1H. The molecule has 1 aliphatic rings. The molecule has 5 nitrogen and oxygen atoms in total. The predicted molar refractivity (Wildman–Crippen MR) is 132 cm³/mol. The molecule has 2 rings (SSSR count). The zero-order valence-corrected chi connectivity index (χ0v) is 20.6. The van der Waals surface area contributed by atoms with Gasteiger partial charge in [0.1, 0.15) is 0 Å². The molecule has 0 radical (unpaired) electrons. The molecule has 1 fully saturated rings. The Hall–Kier alpha value is -0.860. The lowest BCUT2D eigenvalue weighted by Crippen LogP contribution is -2.51. The molecule has 0 saturated carbocycles. The average molecular weight is 502 g/mol. The van der Waals surface area contributed by atoms with Crippen LogP contribution in [0, 0.1) is 0 Å². The van der Waals surface area contributed by atoms with Crippen LogP contribution in [-0.4, -0.2) is 54.7 Å². The van der Waals surface area contributed by atoms with Crippen LogP contribution >= 0.6 is 24.0 Å². The summed E-state index contributed by atoms with van der Waals surface area (Å²) in [7, 11) is 0. The lowest BCUT2D eigenvalue weighted by atomic mass is 9.97. The summed E-state index contributed by atoms with van der Waals surface area (Å²) >= 11 is 0. The van der Waals surface area contributed by atoms with Gasteiger partial charge in [0.25, 0.3) is 0 Å². The number of nitrogens with one attached hydrogen (secondary N) is 3. The van der Waals surface area contributed by atoms with Gasteiger partial charge in [-0.3, -0.25) is 9.89 Å². The monoisotopic (exact) mass is 501 g/mol. The number of hydrogen-bond acceptors (Lipinski definition) is 3. The molecule has 0 spiro atoms. The van der Waals surface area contributed by atoms with E-state index < -0.39 is 0 Å². The van der Waals surface area contributed by atoms with Gasteiger partial charge in [0.2, 0.25) is 0 Å². The molecule has 3 N–H and O–H groups in total. The highest BCUT2D eigenvalue weighted by atomic mass is 127. The topological polar surface area (TPSA) is 51.7 Å². The zero-order valence-electron chi connectivity index (χ0n) is 18.3. The Morgan fingerprint density at radius 1 is 1.21 bits per heavy atom. The molecule has 160 valence electrons. The third-order valence-corrected chi connectivity index (χ3v) is 4.96. The second-order valence-electron chi connectivity index (χ2n) is 8.61. The van der Waals surface area contributed by atoms with Gasteiger partial charge in [0.05, 0.1) is 6.54 Å². The van der Waals surface area contributed by atoms with E-state index in [9.17, 15) is 0 Å². The van der Waals surface area contributed by atoms with Crippen LogP contribution in [0.25, 0.3) is 0 Å². The molecule has 1 saturated heterocycles. The highest BCUT2D eigenvalue weighted by molar-refractivity contribution is 14.0. The molecule has 1 heterocycles. The van der Waals surface area contributed by atoms with E-state index in [1.807, 2.05) is 0 Å². The third kappa shape index (κ3) is 9.56. The quantitative estimate of drug-likeness (QED) is 0.231. The molecule has 1 aromatic rings. The van der Waals surface area contributed by atoms with Gasteiger partial charge in [0, 0.05) is 43.8 Å². The summed E-state index contributed by atoms with van der Waals surface area (Å²) in [6.45, 7) is 15.8. The Balaban J connectivity index is 0.00000392. The first-order valence-corrected chi connectivity index (χ1v) is 10.4. The molecule has 0 aromatic heterocycles. The maximum Gasteiger partial charge on any atom is 0.191 e. The SMILES string of the molecule is CCNC(=NCCNC(C)(C)C)NC1CCN(Cc2ccccc2)C(C)C1.I. The fraction of sp³-hybridized carbons (Fsp3) is 0.682. The van der Waals surface area contributed by atoms with Crippen LogP contribution in [0.4, 0.5) is 0 Å². The van der Waals surface area contributed by atoms with Gasteiger partial charge in [-0.2, -0.15) is 0 Å². The van der Waals surface area contributed by atoms with Crippen molar-refractivity contribution in [1.82, 2.24) is 20.9 Å². The smallest absolute Gasteiger partial charge is 0.191 e. The Labute approximate surface area is 189 Å². The number of guanidine groups is 1. The van der Waals surface area contributed by atoms with Crippen molar-refractivity contribution in [2.45, 2.75) is 71.6 Å². The van der Waals surface area contributed by atoms with Crippen molar-refractivity contribution in [3.63, 3.8) is 0 Å². The molecular formula is C22H40IN5. The van der Waals surface area contributed by atoms with E-state index in [1.165, 1.54) is 5.56 Å². The lowest BCUT2D eigenvalue weighted by molar-refractivity contribution is 0.134. The van der Waals surface area contributed by atoms with Crippen LogP contribution in [0.15, 0.2) is 35.3 Å². The van der Waals surface area contributed by atoms with E-state index in [4.69, 9.17) is 4.99 Å². The molecule has 0 aliphatic carbocycles.